The molecular weight excluding hydrogens is 356 g/mol. The van der Waals surface area contributed by atoms with Crippen LogP contribution in [0.15, 0.2) is 24.3 Å². The summed E-state index contributed by atoms with van der Waals surface area (Å²) in [7, 11) is 1.34. The molecule has 2 aliphatic rings. The fraction of sp³-hybridized carbons (Fsp3) is 0.526. The van der Waals surface area contributed by atoms with Gasteiger partial charge in [0.15, 0.2) is 0 Å². The highest BCUT2D eigenvalue weighted by Gasteiger charge is 2.44. The summed E-state index contributed by atoms with van der Waals surface area (Å²) >= 11 is 6.00. The normalized spacial score (nSPS) is 22.2. The van der Waals surface area contributed by atoms with E-state index in [1.54, 1.807) is 29.2 Å². The second kappa shape index (κ2) is 7.66. The number of carbonyl (C=O) groups is 3. The Kier molecular flexibility index (Phi) is 5.51. The van der Waals surface area contributed by atoms with Gasteiger partial charge in [0.25, 0.3) is 0 Å². The molecule has 0 aromatic heterocycles. The third-order valence-electron chi connectivity index (χ3n) is 5.26. The van der Waals surface area contributed by atoms with E-state index < -0.39 is 17.4 Å². The maximum atomic E-state index is 12.8. The molecule has 1 aliphatic heterocycles. The van der Waals surface area contributed by atoms with Crippen LogP contribution in [0, 0.1) is 5.92 Å². The Bertz CT molecular complexity index is 715. The van der Waals surface area contributed by atoms with Gasteiger partial charge in [-0.15, -0.1) is 0 Å². The molecule has 6 nitrogen and oxygen atoms in total. The number of nitrogens with zero attached hydrogens (tertiary/aromatic N) is 1. The average molecular weight is 379 g/mol. The number of hydrogen-bond acceptors (Lipinski definition) is 4. The fourth-order valence-electron chi connectivity index (χ4n) is 3.85. The first-order valence-electron chi connectivity index (χ1n) is 8.91. The first-order valence-corrected chi connectivity index (χ1v) is 9.29. The minimum absolute atomic E-state index is 0.121. The van der Waals surface area contributed by atoms with Gasteiger partial charge in [-0.1, -0.05) is 36.9 Å². The van der Waals surface area contributed by atoms with Gasteiger partial charge in [-0.25, -0.2) is 4.79 Å². The molecule has 1 heterocycles. The highest BCUT2D eigenvalue weighted by atomic mass is 35.5. The summed E-state index contributed by atoms with van der Waals surface area (Å²) < 4.78 is 4.94. The Morgan fingerprint density at radius 1 is 1.27 bits per heavy atom. The Morgan fingerprint density at radius 3 is 2.65 bits per heavy atom. The molecule has 1 aromatic carbocycles. The number of anilines is 1. The molecule has 1 atom stereocenters. The lowest BCUT2D eigenvalue weighted by atomic mass is 9.81. The highest BCUT2D eigenvalue weighted by molar-refractivity contribution is 6.31. The maximum Gasteiger partial charge on any atom is 0.331 e. The number of esters is 1. The first-order chi connectivity index (χ1) is 12.4. The van der Waals surface area contributed by atoms with E-state index in [9.17, 15) is 14.4 Å². The third kappa shape index (κ3) is 3.70. The summed E-state index contributed by atoms with van der Waals surface area (Å²) in [6, 6.07) is 7.00. The van der Waals surface area contributed by atoms with Gasteiger partial charge in [-0.05, 0) is 31.0 Å². The SMILES string of the molecule is COC(=O)C1(NC(=O)C2CC(=O)N(c3cccc(Cl)c3)C2)CCCCC1. The zero-order chi connectivity index (χ0) is 18.7. The van der Waals surface area contributed by atoms with Gasteiger partial charge >= 0.3 is 5.97 Å². The molecule has 0 radical (unpaired) electrons. The van der Waals surface area contributed by atoms with Crippen molar-refractivity contribution < 1.29 is 19.1 Å². The van der Waals surface area contributed by atoms with E-state index in [1.807, 2.05) is 0 Å². The summed E-state index contributed by atoms with van der Waals surface area (Å²) in [6.07, 6.45) is 4.05. The lowest BCUT2D eigenvalue weighted by molar-refractivity contribution is -0.153. The molecular formula is C19H23ClN2O4. The molecule has 0 spiro atoms. The molecule has 1 saturated heterocycles. The fourth-order valence-corrected chi connectivity index (χ4v) is 4.03. The Hall–Kier alpha value is -2.08. The van der Waals surface area contributed by atoms with Crippen LogP contribution in [0.3, 0.4) is 0 Å². The van der Waals surface area contributed by atoms with Crippen molar-refractivity contribution in [3.63, 3.8) is 0 Å². The van der Waals surface area contributed by atoms with Crippen molar-refractivity contribution in [2.24, 2.45) is 5.92 Å². The minimum atomic E-state index is -0.962. The van der Waals surface area contributed by atoms with Gasteiger partial charge in [-0.2, -0.15) is 0 Å². The van der Waals surface area contributed by atoms with E-state index in [4.69, 9.17) is 16.3 Å². The number of carbonyl (C=O) groups excluding carboxylic acids is 3. The van der Waals surface area contributed by atoms with Crippen LogP contribution in [-0.2, 0) is 19.1 Å². The predicted octanol–water partition coefficient (Wildman–Crippen LogP) is 2.69. The van der Waals surface area contributed by atoms with Crippen LogP contribution in [0.5, 0.6) is 0 Å². The Morgan fingerprint density at radius 2 is 2.00 bits per heavy atom. The molecule has 1 aromatic rings. The lowest BCUT2D eigenvalue weighted by Crippen LogP contribution is -2.57. The number of methoxy groups -OCH3 is 1. The van der Waals surface area contributed by atoms with Crippen molar-refractivity contribution in [3.05, 3.63) is 29.3 Å². The molecule has 1 aliphatic carbocycles. The van der Waals surface area contributed by atoms with Gasteiger partial charge in [0.05, 0.1) is 13.0 Å². The van der Waals surface area contributed by atoms with Gasteiger partial charge in [0.2, 0.25) is 11.8 Å². The molecule has 1 unspecified atom stereocenters. The van der Waals surface area contributed by atoms with Gasteiger partial charge in [-0.3, -0.25) is 9.59 Å². The number of ether oxygens (including phenoxy) is 1. The molecule has 1 N–H and O–H groups in total. The summed E-state index contributed by atoms with van der Waals surface area (Å²) in [5, 5.41) is 3.45. The van der Waals surface area contributed by atoms with Gasteiger partial charge in [0, 0.05) is 23.7 Å². The Labute approximate surface area is 157 Å². The third-order valence-corrected chi connectivity index (χ3v) is 5.50. The Balaban J connectivity index is 1.72. The van der Waals surface area contributed by atoms with E-state index in [2.05, 4.69) is 5.32 Å². The van der Waals surface area contributed by atoms with E-state index in [0.717, 1.165) is 19.3 Å². The number of nitrogens with one attached hydrogen (secondary N) is 1. The van der Waals surface area contributed by atoms with Crippen molar-refractivity contribution in [2.45, 2.75) is 44.1 Å². The van der Waals surface area contributed by atoms with Crippen LogP contribution in [0.4, 0.5) is 5.69 Å². The minimum Gasteiger partial charge on any atom is -0.467 e. The zero-order valence-corrected chi connectivity index (χ0v) is 15.6. The van der Waals surface area contributed by atoms with Crippen LogP contribution in [-0.4, -0.2) is 37.0 Å². The molecule has 2 fully saturated rings. The monoisotopic (exact) mass is 378 g/mol. The smallest absolute Gasteiger partial charge is 0.331 e. The molecule has 0 bridgehead atoms. The first kappa shape index (κ1) is 18.7. The van der Waals surface area contributed by atoms with E-state index in [1.165, 1.54) is 7.11 Å². The quantitative estimate of drug-likeness (QED) is 0.817. The topological polar surface area (TPSA) is 75.7 Å². The van der Waals surface area contributed by atoms with Crippen LogP contribution in [0.1, 0.15) is 38.5 Å². The lowest BCUT2D eigenvalue weighted by Gasteiger charge is -2.35. The summed E-state index contributed by atoms with van der Waals surface area (Å²) in [6.45, 7) is 0.280. The summed E-state index contributed by atoms with van der Waals surface area (Å²) in [4.78, 5) is 39.0. The van der Waals surface area contributed by atoms with Crippen LogP contribution in [0.2, 0.25) is 5.02 Å². The average Bonchev–Trinajstić information content (AvgIpc) is 3.03. The predicted molar refractivity (Wildman–Crippen MR) is 97.9 cm³/mol. The number of amides is 2. The van der Waals surface area contributed by atoms with E-state index in [-0.39, 0.29) is 24.8 Å². The molecule has 7 heteroatoms. The number of rotatable bonds is 4. The largest absolute Gasteiger partial charge is 0.467 e. The second-order valence-corrected chi connectivity index (χ2v) is 7.45. The molecule has 140 valence electrons. The van der Waals surface area contributed by atoms with E-state index >= 15 is 0 Å². The molecule has 3 rings (SSSR count). The second-order valence-electron chi connectivity index (χ2n) is 7.01. The van der Waals surface area contributed by atoms with Crippen molar-refractivity contribution >= 4 is 35.1 Å². The number of benzene rings is 1. The van der Waals surface area contributed by atoms with Crippen LogP contribution < -0.4 is 10.2 Å². The molecule has 1 saturated carbocycles. The van der Waals surface area contributed by atoms with Gasteiger partial charge in [0.1, 0.15) is 5.54 Å². The van der Waals surface area contributed by atoms with Crippen LogP contribution in [0.25, 0.3) is 0 Å². The molecule has 2 amide bonds. The van der Waals surface area contributed by atoms with Crippen LogP contribution >= 0.6 is 11.6 Å². The molecule has 26 heavy (non-hydrogen) atoms. The summed E-state index contributed by atoms with van der Waals surface area (Å²) in [5.41, 5.74) is -0.283. The van der Waals surface area contributed by atoms with Crippen molar-refractivity contribution in [1.82, 2.24) is 5.32 Å². The summed E-state index contributed by atoms with van der Waals surface area (Å²) in [5.74, 6) is -1.29. The van der Waals surface area contributed by atoms with Crippen molar-refractivity contribution in [3.8, 4) is 0 Å². The van der Waals surface area contributed by atoms with Gasteiger partial charge < -0.3 is 15.0 Å². The maximum absolute atomic E-state index is 12.8. The standard InChI is InChI=1S/C19H23ClN2O4/c1-26-18(25)19(8-3-2-4-9-19)21-17(24)13-10-16(23)22(12-13)15-7-5-6-14(20)11-15/h5-7,11,13H,2-4,8-10,12H2,1H3,(H,21,24). The number of hydrogen-bond donors (Lipinski definition) is 1. The number of halogens is 1. The zero-order valence-electron chi connectivity index (χ0n) is 14.8. The van der Waals surface area contributed by atoms with Crippen molar-refractivity contribution in [1.29, 1.82) is 0 Å². The van der Waals surface area contributed by atoms with E-state index in [0.29, 0.717) is 23.6 Å². The van der Waals surface area contributed by atoms with Crippen molar-refractivity contribution in [2.75, 3.05) is 18.6 Å². The highest BCUT2D eigenvalue weighted by Crippen LogP contribution is 2.32.